The number of anilines is 1. The van der Waals surface area contributed by atoms with Crippen LogP contribution in [0.25, 0.3) is 11.3 Å². The number of amides is 1. The molecule has 1 amide bonds. The van der Waals surface area contributed by atoms with Gasteiger partial charge in [-0.2, -0.15) is 5.10 Å². The molecule has 1 N–H and O–H groups in total. The van der Waals surface area contributed by atoms with Gasteiger partial charge < -0.3 is 5.32 Å². The fraction of sp³-hybridized carbons (Fsp3) is 0.292. The lowest BCUT2D eigenvalue weighted by Crippen LogP contribution is -2.34. The number of carbonyl (C=O) groups excluding carboxylic acids is 1. The third kappa shape index (κ3) is 4.45. The maximum Gasteiger partial charge on any atom is 0.267 e. The van der Waals surface area contributed by atoms with E-state index in [4.69, 9.17) is 0 Å². The van der Waals surface area contributed by atoms with Gasteiger partial charge in [0.05, 0.1) is 5.69 Å². The SMILES string of the molecule is CCC(C(=O)Nc1ccc(C)cc1C)n1nc(-c2cc(C)ccc2C)ccc1=O. The van der Waals surface area contributed by atoms with Gasteiger partial charge in [-0.1, -0.05) is 42.3 Å². The molecule has 150 valence electrons. The van der Waals surface area contributed by atoms with Crippen LogP contribution >= 0.6 is 0 Å². The summed E-state index contributed by atoms with van der Waals surface area (Å²) in [6.45, 7) is 9.87. The monoisotopic (exact) mass is 389 g/mol. The normalized spacial score (nSPS) is 11.9. The second-order valence-electron chi connectivity index (χ2n) is 7.55. The molecule has 0 fully saturated rings. The molecule has 1 unspecified atom stereocenters. The van der Waals surface area contributed by atoms with Crippen molar-refractivity contribution in [2.45, 2.75) is 47.1 Å². The average Bonchev–Trinajstić information content (AvgIpc) is 2.68. The van der Waals surface area contributed by atoms with Crippen molar-refractivity contribution in [3.8, 4) is 11.3 Å². The summed E-state index contributed by atoms with van der Waals surface area (Å²) in [5.74, 6) is -0.243. The molecule has 0 aliphatic heterocycles. The van der Waals surface area contributed by atoms with E-state index in [0.29, 0.717) is 12.1 Å². The van der Waals surface area contributed by atoms with Crippen LogP contribution < -0.4 is 10.9 Å². The molecule has 3 rings (SSSR count). The Morgan fingerprint density at radius 2 is 1.66 bits per heavy atom. The van der Waals surface area contributed by atoms with Crippen molar-refractivity contribution in [1.82, 2.24) is 9.78 Å². The summed E-state index contributed by atoms with van der Waals surface area (Å²) in [4.78, 5) is 25.5. The minimum absolute atomic E-state index is 0.243. The third-order valence-electron chi connectivity index (χ3n) is 5.12. The van der Waals surface area contributed by atoms with E-state index in [0.717, 1.165) is 33.5 Å². The quantitative estimate of drug-likeness (QED) is 0.686. The minimum atomic E-state index is -0.687. The second-order valence-corrected chi connectivity index (χ2v) is 7.55. The molecule has 1 atom stereocenters. The van der Waals surface area contributed by atoms with Crippen molar-refractivity contribution in [3.05, 3.63) is 81.1 Å². The molecule has 5 nitrogen and oxygen atoms in total. The van der Waals surface area contributed by atoms with Gasteiger partial charge in [-0.05, 0) is 63.4 Å². The Labute approximate surface area is 171 Å². The highest BCUT2D eigenvalue weighted by Crippen LogP contribution is 2.23. The molecule has 0 bridgehead atoms. The maximum atomic E-state index is 13.0. The first-order chi connectivity index (χ1) is 13.8. The fourth-order valence-electron chi connectivity index (χ4n) is 3.44. The van der Waals surface area contributed by atoms with Crippen LogP contribution in [0, 0.1) is 27.7 Å². The first-order valence-corrected chi connectivity index (χ1v) is 9.85. The molecule has 1 heterocycles. The van der Waals surface area contributed by atoms with E-state index in [1.54, 1.807) is 6.07 Å². The summed E-state index contributed by atoms with van der Waals surface area (Å²) in [7, 11) is 0. The number of aryl methyl sites for hydroxylation is 4. The van der Waals surface area contributed by atoms with E-state index in [-0.39, 0.29) is 11.5 Å². The Hall–Kier alpha value is -3.21. The molecule has 2 aromatic carbocycles. The van der Waals surface area contributed by atoms with Gasteiger partial charge in [-0.15, -0.1) is 0 Å². The van der Waals surface area contributed by atoms with Crippen LogP contribution in [0.1, 0.15) is 41.6 Å². The summed E-state index contributed by atoms with van der Waals surface area (Å²) in [5.41, 5.74) is 6.40. The molecule has 0 aliphatic carbocycles. The van der Waals surface area contributed by atoms with Crippen LogP contribution in [-0.4, -0.2) is 15.7 Å². The van der Waals surface area contributed by atoms with Gasteiger partial charge in [0.2, 0.25) is 5.91 Å². The minimum Gasteiger partial charge on any atom is -0.324 e. The summed E-state index contributed by atoms with van der Waals surface area (Å²) >= 11 is 0. The number of carbonyl (C=O) groups is 1. The van der Waals surface area contributed by atoms with E-state index in [1.807, 2.05) is 71.0 Å². The molecular formula is C24H27N3O2. The van der Waals surface area contributed by atoms with E-state index in [2.05, 4.69) is 10.4 Å². The summed E-state index contributed by atoms with van der Waals surface area (Å²) in [6, 6.07) is 14.5. The molecule has 0 saturated carbocycles. The van der Waals surface area contributed by atoms with Crippen LogP contribution in [0.5, 0.6) is 0 Å². The van der Waals surface area contributed by atoms with Crippen LogP contribution in [0.15, 0.2) is 53.3 Å². The van der Waals surface area contributed by atoms with Gasteiger partial charge >= 0.3 is 0 Å². The van der Waals surface area contributed by atoms with E-state index in [9.17, 15) is 9.59 Å². The largest absolute Gasteiger partial charge is 0.324 e. The zero-order valence-electron chi connectivity index (χ0n) is 17.6. The number of benzene rings is 2. The number of rotatable bonds is 5. The van der Waals surface area contributed by atoms with Gasteiger partial charge in [-0.25, -0.2) is 4.68 Å². The Bertz CT molecular complexity index is 1120. The molecule has 1 aromatic heterocycles. The smallest absolute Gasteiger partial charge is 0.267 e. The molecule has 0 radical (unpaired) electrons. The molecule has 0 saturated heterocycles. The Balaban J connectivity index is 1.97. The summed E-state index contributed by atoms with van der Waals surface area (Å²) < 4.78 is 1.30. The number of nitrogens with one attached hydrogen (secondary N) is 1. The van der Waals surface area contributed by atoms with Gasteiger partial charge in [-0.3, -0.25) is 9.59 Å². The highest BCUT2D eigenvalue weighted by Gasteiger charge is 2.22. The van der Waals surface area contributed by atoms with Crippen molar-refractivity contribution in [3.63, 3.8) is 0 Å². The van der Waals surface area contributed by atoms with Crippen molar-refractivity contribution >= 4 is 11.6 Å². The molecule has 0 aliphatic rings. The predicted molar refractivity (Wildman–Crippen MR) is 117 cm³/mol. The van der Waals surface area contributed by atoms with Gasteiger partial charge in [0, 0.05) is 17.3 Å². The lowest BCUT2D eigenvalue weighted by atomic mass is 10.0. The Kier molecular flexibility index (Phi) is 5.97. The first-order valence-electron chi connectivity index (χ1n) is 9.85. The highest BCUT2D eigenvalue weighted by molar-refractivity contribution is 5.94. The summed E-state index contributed by atoms with van der Waals surface area (Å²) in [5, 5.41) is 7.51. The zero-order chi connectivity index (χ0) is 21.1. The molecule has 29 heavy (non-hydrogen) atoms. The van der Waals surface area contributed by atoms with Crippen LogP contribution in [0.4, 0.5) is 5.69 Å². The number of hydrogen-bond acceptors (Lipinski definition) is 3. The Morgan fingerprint density at radius 3 is 2.34 bits per heavy atom. The van der Waals surface area contributed by atoms with Crippen molar-refractivity contribution in [2.24, 2.45) is 0 Å². The number of aromatic nitrogens is 2. The predicted octanol–water partition coefficient (Wildman–Crippen LogP) is 4.73. The van der Waals surface area contributed by atoms with E-state index in [1.165, 1.54) is 10.7 Å². The first kappa shape index (κ1) is 20.5. The van der Waals surface area contributed by atoms with Crippen LogP contribution in [0.3, 0.4) is 0 Å². The van der Waals surface area contributed by atoms with E-state index < -0.39 is 6.04 Å². The average molecular weight is 389 g/mol. The standard InChI is InChI=1S/C24H27N3O2/c1-6-22(24(29)25-20-10-8-15(2)13-18(20)5)27-23(28)12-11-21(26-27)19-14-16(3)7-9-17(19)4/h7-14,22H,6H2,1-5H3,(H,25,29). The van der Waals surface area contributed by atoms with Gasteiger partial charge in [0.15, 0.2) is 0 Å². The summed E-state index contributed by atoms with van der Waals surface area (Å²) in [6.07, 6.45) is 0.458. The third-order valence-corrected chi connectivity index (χ3v) is 5.12. The fourth-order valence-corrected chi connectivity index (χ4v) is 3.44. The molecule has 0 spiro atoms. The van der Waals surface area contributed by atoms with Crippen molar-refractivity contribution in [1.29, 1.82) is 0 Å². The highest BCUT2D eigenvalue weighted by atomic mass is 16.2. The lowest BCUT2D eigenvalue weighted by molar-refractivity contribution is -0.119. The van der Waals surface area contributed by atoms with Gasteiger partial charge in [0.25, 0.3) is 5.56 Å². The Morgan fingerprint density at radius 1 is 0.966 bits per heavy atom. The van der Waals surface area contributed by atoms with E-state index >= 15 is 0 Å². The number of nitrogens with zero attached hydrogens (tertiary/aromatic N) is 2. The van der Waals surface area contributed by atoms with Crippen molar-refractivity contribution in [2.75, 3.05) is 5.32 Å². The second kappa shape index (κ2) is 8.43. The van der Waals surface area contributed by atoms with Crippen LogP contribution in [0.2, 0.25) is 0 Å². The van der Waals surface area contributed by atoms with Crippen LogP contribution in [-0.2, 0) is 4.79 Å². The molecule has 5 heteroatoms. The molecular weight excluding hydrogens is 362 g/mol. The zero-order valence-corrected chi connectivity index (χ0v) is 17.6. The molecule has 3 aromatic rings. The maximum absolute atomic E-state index is 13.0. The number of hydrogen-bond donors (Lipinski definition) is 1. The van der Waals surface area contributed by atoms with Gasteiger partial charge in [0.1, 0.15) is 6.04 Å². The van der Waals surface area contributed by atoms with Crippen molar-refractivity contribution < 1.29 is 4.79 Å². The topological polar surface area (TPSA) is 64.0 Å². The lowest BCUT2D eigenvalue weighted by Gasteiger charge is -2.19.